The van der Waals surface area contributed by atoms with E-state index in [1.54, 1.807) is 36.4 Å². The standard InChI is InChI=1S/C18H16O6/c1-22-14-8-7-11(16(18(20)21)17(14)23-2)15-9-12(19)10-5-3-4-6-13(10)24-15/h3-8,15H,9H2,1-2H3,(H,20,21)/p-1/t15-/m1/s1. The number of methoxy groups -OCH3 is 2. The summed E-state index contributed by atoms with van der Waals surface area (Å²) in [5.41, 5.74) is 0.633. The third-order valence-corrected chi connectivity index (χ3v) is 3.96. The lowest BCUT2D eigenvalue weighted by Gasteiger charge is -2.28. The molecule has 0 spiro atoms. The molecule has 1 atom stereocenters. The highest BCUT2D eigenvalue weighted by Crippen LogP contribution is 2.40. The quantitative estimate of drug-likeness (QED) is 0.851. The molecule has 124 valence electrons. The van der Waals surface area contributed by atoms with Gasteiger partial charge < -0.3 is 24.1 Å². The van der Waals surface area contributed by atoms with Gasteiger partial charge in [-0.1, -0.05) is 18.2 Å². The highest BCUT2D eigenvalue weighted by molar-refractivity contribution is 6.00. The highest BCUT2D eigenvalue weighted by Gasteiger charge is 2.31. The summed E-state index contributed by atoms with van der Waals surface area (Å²) in [4.78, 5) is 24.0. The van der Waals surface area contributed by atoms with Gasteiger partial charge in [-0.3, -0.25) is 4.79 Å². The van der Waals surface area contributed by atoms with E-state index in [2.05, 4.69) is 0 Å². The second-order valence-corrected chi connectivity index (χ2v) is 5.28. The van der Waals surface area contributed by atoms with Crippen molar-refractivity contribution in [1.29, 1.82) is 0 Å². The van der Waals surface area contributed by atoms with Gasteiger partial charge in [0.25, 0.3) is 0 Å². The van der Waals surface area contributed by atoms with Crippen molar-refractivity contribution in [2.45, 2.75) is 12.5 Å². The number of rotatable bonds is 4. The Hall–Kier alpha value is -3.02. The Morgan fingerprint density at radius 3 is 2.58 bits per heavy atom. The number of Topliss-reactive ketones (excluding diaryl/α,β-unsaturated/α-hetero) is 1. The van der Waals surface area contributed by atoms with Crippen LogP contribution in [0.5, 0.6) is 17.2 Å². The van der Waals surface area contributed by atoms with Crippen molar-refractivity contribution in [3.05, 3.63) is 53.1 Å². The fraction of sp³-hybridized carbons (Fsp3) is 0.222. The summed E-state index contributed by atoms with van der Waals surface area (Å²) in [6.45, 7) is 0. The number of ether oxygens (including phenoxy) is 3. The van der Waals surface area contributed by atoms with Gasteiger partial charge in [-0.2, -0.15) is 0 Å². The summed E-state index contributed by atoms with van der Waals surface area (Å²) in [5, 5.41) is 11.7. The van der Waals surface area contributed by atoms with Crippen molar-refractivity contribution in [2.24, 2.45) is 0 Å². The summed E-state index contributed by atoms with van der Waals surface area (Å²) in [7, 11) is 2.75. The van der Waals surface area contributed by atoms with E-state index < -0.39 is 12.1 Å². The maximum absolute atomic E-state index is 12.3. The number of ketones is 1. The third-order valence-electron chi connectivity index (χ3n) is 3.96. The third kappa shape index (κ3) is 2.56. The average Bonchev–Trinajstić information content (AvgIpc) is 2.60. The van der Waals surface area contributed by atoms with Crippen LogP contribution in [0.4, 0.5) is 0 Å². The molecule has 24 heavy (non-hydrogen) atoms. The molecule has 0 amide bonds. The van der Waals surface area contributed by atoms with Crippen molar-refractivity contribution >= 4 is 11.8 Å². The van der Waals surface area contributed by atoms with Gasteiger partial charge in [0.15, 0.2) is 17.3 Å². The fourth-order valence-electron chi connectivity index (χ4n) is 2.87. The molecular weight excluding hydrogens is 312 g/mol. The number of fused-ring (bicyclic) bond motifs is 1. The second kappa shape index (κ2) is 6.23. The Morgan fingerprint density at radius 2 is 1.92 bits per heavy atom. The molecule has 0 fully saturated rings. The first kappa shape index (κ1) is 15.9. The van der Waals surface area contributed by atoms with Gasteiger partial charge in [0.05, 0.1) is 37.7 Å². The summed E-state index contributed by atoms with van der Waals surface area (Å²) in [6.07, 6.45) is -0.702. The molecule has 3 rings (SSSR count). The van der Waals surface area contributed by atoms with Gasteiger partial charge in [-0.15, -0.1) is 0 Å². The van der Waals surface area contributed by atoms with E-state index in [1.165, 1.54) is 14.2 Å². The van der Waals surface area contributed by atoms with Crippen molar-refractivity contribution in [3.8, 4) is 17.2 Å². The topological polar surface area (TPSA) is 84.9 Å². The lowest BCUT2D eigenvalue weighted by atomic mass is 9.92. The van der Waals surface area contributed by atoms with E-state index in [1.807, 2.05) is 0 Å². The minimum atomic E-state index is -1.42. The Morgan fingerprint density at radius 1 is 1.17 bits per heavy atom. The van der Waals surface area contributed by atoms with Crippen molar-refractivity contribution in [1.82, 2.24) is 0 Å². The first-order chi connectivity index (χ1) is 11.6. The number of carboxylic acids is 1. The van der Waals surface area contributed by atoms with Crippen molar-refractivity contribution in [3.63, 3.8) is 0 Å². The maximum Gasteiger partial charge on any atom is 0.170 e. The van der Waals surface area contributed by atoms with Gasteiger partial charge in [0, 0.05) is 5.56 Å². The Kier molecular flexibility index (Phi) is 4.12. The molecule has 0 aromatic heterocycles. The number of carbonyl (C=O) groups excluding carboxylic acids is 2. The molecule has 0 N–H and O–H groups in total. The van der Waals surface area contributed by atoms with E-state index >= 15 is 0 Å². The van der Waals surface area contributed by atoms with E-state index in [4.69, 9.17) is 14.2 Å². The molecule has 6 heteroatoms. The van der Waals surface area contributed by atoms with Gasteiger partial charge in [-0.05, 0) is 18.2 Å². The molecule has 0 saturated carbocycles. The van der Waals surface area contributed by atoms with Crippen LogP contribution in [0.25, 0.3) is 0 Å². The number of aromatic carboxylic acids is 1. The summed E-state index contributed by atoms with van der Waals surface area (Å²) in [5.74, 6) is -0.790. The number of carbonyl (C=O) groups is 2. The number of carboxylic acid groups (broad SMARTS) is 1. The molecule has 2 aromatic rings. The minimum Gasteiger partial charge on any atom is -0.545 e. The van der Waals surface area contributed by atoms with Gasteiger partial charge in [0.2, 0.25) is 0 Å². The lowest BCUT2D eigenvalue weighted by Crippen LogP contribution is -2.28. The SMILES string of the molecule is COc1ccc([C@H]2CC(=O)c3ccccc3O2)c(C(=O)[O-])c1OC. The van der Waals surface area contributed by atoms with Gasteiger partial charge in [0.1, 0.15) is 11.9 Å². The van der Waals surface area contributed by atoms with Crippen LogP contribution in [-0.2, 0) is 0 Å². The summed E-state index contributed by atoms with van der Waals surface area (Å²) >= 11 is 0. The predicted octanol–water partition coefficient (Wildman–Crippen LogP) is 1.77. The molecule has 1 aliphatic rings. The van der Waals surface area contributed by atoms with Gasteiger partial charge in [-0.25, -0.2) is 0 Å². The zero-order chi connectivity index (χ0) is 17.3. The molecular formula is C18H15O6-. The predicted molar refractivity (Wildman–Crippen MR) is 82.6 cm³/mol. The highest BCUT2D eigenvalue weighted by atomic mass is 16.5. The molecule has 2 aromatic carbocycles. The number of hydrogen-bond donors (Lipinski definition) is 0. The first-order valence-electron chi connectivity index (χ1n) is 7.32. The van der Waals surface area contributed by atoms with Crippen LogP contribution in [0.15, 0.2) is 36.4 Å². The fourth-order valence-corrected chi connectivity index (χ4v) is 2.87. The first-order valence-corrected chi connectivity index (χ1v) is 7.32. The van der Waals surface area contributed by atoms with Crippen LogP contribution in [0, 0.1) is 0 Å². The summed E-state index contributed by atoms with van der Waals surface area (Å²) in [6, 6.07) is 10.0. The normalized spacial score (nSPS) is 16.1. The number of hydrogen-bond acceptors (Lipinski definition) is 6. The summed E-state index contributed by atoms with van der Waals surface area (Å²) < 4.78 is 16.1. The maximum atomic E-state index is 12.3. The van der Waals surface area contributed by atoms with Gasteiger partial charge >= 0.3 is 0 Å². The Bertz CT molecular complexity index is 811. The van der Waals surface area contributed by atoms with Crippen LogP contribution >= 0.6 is 0 Å². The monoisotopic (exact) mass is 327 g/mol. The van der Waals surface area contributed by atoms with Crippen LogP contribution < -0.4 is 19.3 Å². The zero-order valence-corrected chi connectivity index (χ0v) is 13.2. The molecule has 0 bridgehead atoms. The van der Waals surface area contributed by atoms with Crippen LogP contribution in [0.3, 0.4) is 0 Å². The van der Waals surface area contributed by atoms with Crippen molar-refractivity contribution in [2.75, 3.05) is 14.2 Å². The molecule has 1 heterocycles. The molecule has 6 nitrogen and oxygen atoms in total. The molecule has 0 radical (unpaired) electrons. The smallest absolute Gasteiger partial charge is 0.170 e. The molecule has 1 aliphatic heterocycles. The molecule has 0 saturated heterocycles. The van der Waals surface area contributed by atoms with Crippen LogP contribution in [-0.4, -0.2) is 26.0 Å². The lowest BCUT2D eigenvalue weighted by molar-refractivity contribution is -0.255. The largest absolute Gasteiger partial charge is 0.545 e. The van der Waals surface area contributed by atoms with E-state index in [0.717, 1.165) is 0 Å². The second-order valence-electron chi connectivity index (χ2n) is 5.28. The Labute approximate surface area is 138 Å². The number of benzene rings is 2. The molecule has 0 unspecified atom stereocenters. The van der Waals surface area contributed by atoms with Crippen molar-refractivity contribution < 1.29 is 28.9 Å². The van der Waals surface area contributed by atoms with E-state index in [9.17, 15) is 14.7 Å². The number of para-hydroxylation sites is 1. The Balaban J connectivity index is 2.11. The zero-order valence-electron chi connectivity index (χ0n) is 13.2. The van der Waals surface area contributed by atoms with Crippen LogP contribution in [0.1, 0.15) is 38.8 Å². The molecule has 0 aliphatic carbocycles. The van der Waals surface area contributed by atoms with Crippen LogP contribution in [0.2, 0.25) is 0 Å². The minimum absolute atomic E-state index is 0.0345. The van der Waals surface area contributed by atoms with E-state index in [0.29, 0.717) is 16.9 Å². The average molecular weight is 327 g/mol. The van der Waals surface area contributed by atoms with E-state index in [-0.39, 0.29) is 29.3 Å².